The van der Waals surface area contributed by atoms with Gasteiger partial charge in [0, 0.05) is 12.1 Å². The van der Waals surface area contributed by atoms with Crippen LogP contribution in [-0.4, -0.2) is 17.9 Å². The molecule has 2 aromatic rings. The second-order valence-electron chi connectivity index (χ2n) is 4.42. The summed E-state index contributed by atoms with van der Waals surface area (Å²) in [6.07, 6.45) is 0. The monoisotopic (exact) mass is 290 g/mol. The highest BCUT2D eigenvalue weighted by Gasteiger charge is 2.17. The van der Waals surface area contributed by atoms with Crippen molar-refractivity contribution in [3.8, 4) is 5.75 Å². The number of aryl methyl sites for hydroxylation is 2. The third-order valence-corrected chi connectivity index (χ3v) is 2.93. The van der Waals surface area contributed by atoms with Crippen LogP contribution in [0.25, 0.3) is 0 Å². The molecule has 21 heavy (non-hydrogen) atoms. The topological polar surface area (TPSA) is 94.6 Å². The minimum atomic E-state index is -0.539. The Morgan fingerprint density at radius 2 is 2.05 bits per heavy atom. The summed E-state index contributed by atoms with van der Waals surface area (Å²) >= 11 is 0. The van der Waals surface area contributed by atoms with E-state index in [2.05, 4.69) is 5.32 Å². The van der Waals surface area contributed by atoms with Crippen LogP contribution in [0.2, 0.25) is 0 Å². The molecular weight excluding hydrogens is 276 g/mol. The van der Waals surface area contributed by atoms with Gasteiger partial charge < -0.3 is 14.5 Å². The Bertz CT molecular complexity index is 705. The number of amides is 1. The van der Waals surface area contributed by atoms with Gasteiger partial charge in [-0.1, -0.05) is 0 Å². The number of hydrogen-bond acceptors (Lipinski definition) is 5. The van der Waals surface area contributed by atoms with E-state index in [-0.39, 0.29) is 11.4 Å². The second-order valence-corrected chi connectivity index (χ2v) is 4.42. The van der Waals surface area contributed by atoms with Crippen LogP contribution >= 0.6 is 0 Å². The molecule has 1 aromatic heterocycles. The van der Waals surface area contributed by atoms with Crippen LogP contribution in [0.15, 0.2) is 28.7 Å². The molecule has 0 radical (unpaired) electrons. The Kier molecular flexibility index (Phi) is 3.93. The molecule has 1 heterocycles. The highest BCUT2D eigenvalue weighted by atomic mass is 16.6. The van der Waals surface area contributed by atoms with E-state index >= 15 is 0 Å². The Morgan fingerprint density at radius 3 is 2.57 bits per heavy atom. The van der Waals surface area contributed by atoms with Crippen molar-refractivity contribution in [3.05, 3.63) is 51.5 Å². The molecule has 0 atom stereocenters. The van der Waals surface area contributed by atoms with Gasteiger partial charge in [0.1, 0.15) is 17.3 Å². The van der Waals surface area contributed by atoms with Gasteiger partial charge in [-0.2, -0.15) is 0 Å². The summed E-state index contributed by atoms with van der Waals surface area (Å²) in [5.41, 5.74) is 0.474. The summed E-state index contributed by atoms with van der Waals surface area (Å²) in [4.78, 5) is 22.5. The molecule has 0 spiro atoms. The van der Waals surface area contributed by atoms with E-state index in [0.717, 1.165) is 0 Å². The van der Waals surface area contributed by atoms with Gasteiger partial charge in [0.15, 0.2) is 0 Å². The normalized spacial score (nSPS) is 10.2. The first kappa shape index (κ1) is 14.6. The summed E-state index contributed by atoms with van der Waals surface area (Å²) in [6, 6.07) is 5.59. The zero-order valence-corrected chi connectivity index (χ0v) is 11.8. The van der Waals surface area contributed by atoms with Gasteiger partial charge in [0.05, 0.1) is 23.3 Å². The van der Waals surface area contributed by atoms with Crippen molar-refractivity contribution in [2.24, 2.45) is 0 Å². The number of anilines is 1. The fraction of sp³-hybridized carbons (Fsp3) is 0.214. The number of nitro groups is 1. The summed E-state index contributed by atoms with van der Waals surface area (Å²) in [7, 11) is 1.42. The molecule has 0 aliphatic heterocycles. The van der Waals surface area contributed by atoms with Gasteiger partial charge in [-0.15, -0.1) is 0 Å². The highest BCUT2D eigenvalue weighted by Crippen LogP contribution is 2.29. The maximum atomic E-state index is 12.2. The average molecular weight is 290 g/mol. The lowest BCUT2D eigenvalue weighted by atomic mass is 10.2. The summed E-state index contributed by atoms with van der Waals surface area (Å²) in [5.74, 6) is 1.02. The second kappa shape index (κ2) is 5.66. The molecule has 0 aliphatic rings. The molecule has 0 saturated heterocycles. The lowest BCUT2D eigenvalue weighted by Gasteiger charge is -2.09. The van der Waals surface area contributed by atoms with Crippen molar-refractivity contribution in [2.45, 2.75) is 13.8 Å². The molecule has 1 amide bonds. The molecule has 0 bridgehead atoms. The first-order valence-electron chi connectivity index (χ1n) is 6.13. The van der Waals surface area contributed by atoms with Gasteiger partial charge in [0.25, 0.3) is 11.6 Å². The summed E-state index contributed by atoms with van der Waals surface area (Å²) < 4.78 is 10.4. The number of methoxy groups -OCH3 is 1. The SMILES string of the molecule is COc1ccc([N+](=O)[O-])cc1NC(=O)c1cc(C)oc1C. The molecule has 0 unspecified atom stereocenters. The number of nitrogens with one attached hydrogen (secondary N) is 1. The highest BCUT2D eigenvalue weighted by molar-refractivity contribution is 6.05. The van der Waals surface area contributed by atoms with E-state index in [1.165, 1.54) is 25.3 Å². The van der Waals surface area contributed by atoms with E-state index in [9.17, 15) is 14.9 Å². The molecule has 7 nitrogen and oxygen atoms in total. The minimum Gasteiger partial charge on any atom is -0.495 e. The van der Waals surface area contributed by atoms with Crippen molar-refractivity contribution in [3.63, 3.8) is 0 Å². The number of carbonyl (C=O) groups excluding carboxylic acids is 1. The first-order valence-corrected chi connectivity index (χ1v) is 6.13. The van der Waals surface area contributed by atoms with Crippen molar-refractivity contribution in [1.82, 2.24) is 0 Å². The number of nitrogens with zero attached hydrogens (tertiary/aromatic N) is 1. The first-order chi connectivity index (χ1) is 9.92. The van der Waals surface area contributed by atoms with Crippen molar-refractivity contribution >= 4 is 17.3 Å². The van der Waals surface area contributed by atoms with Crippen LogP contribution in [0, 0.1) is 24.0 Å². The molecule has 0 aliphatic carbocycles. The summed E-state index contributed by atoms with van der Waals surface area (Å²) in [6.45, 7) is 3.41. The number of non-ortho nitro benzene ring substituents is 1. The number of benzene rings is 1. The lowest BCUT2D eigenvalue weighted by molar-refractivity contribution is -0.384. The lowest BCUT2D eigenvalue weighted by Crippen LogP contribution is -2.13. The maximum Gasteiger partial charge on any atom is 0.271 e. The predicted molar refractivity (Wildman–Crippen MR) is 75.8 cm³/mol. The average Bonchev–Trinajstić information content (AvgIpc) is 2.77. The number of carbonyl (C=O) groups is 1. The molecule has 0 fully saturated rings. The standard InChI is InChI=1S/C14H14N2O5/c1-8-6-11(9(2)21-8)14(17)15-12-7-10(16(18)19)4-5-13(12)20-3/h4-7H,1-3H3,(H,15,17). The van der Waals surface area contributed by atoms with Crippen LogP contribution in [0.4, 0.5) is 11.4 Å². The largest absolute Gasteiger partial charge is 0.495 e. The zero-order chi connectivity index (χ0) is 15.6. The van der Waals surface area contributed by atoms with Crippen LogP contribution in [0.5, 0.6) is 5.75 Å². The third-order valence-electron chi connectivity index (χ3n) is 2.93. The molecule has 1 aromatic carbocycles. The van der Waals surface area contributed by atoms with Crippen LogP contribution in [0.3, 0.4) is 0 Å². The van der Waals surface area contributed by atoms with Gasteiger partial charge in [-0.05, 0) is 26.0 Å². The van der Waals surface area contributed by atoms with Gasteiger partial charge in [-0.25, -0.2) is 0 Å². The Balaban J connectivity index is 2.33. The third kappa shape index (κ3) is 3.02. The fourth-order valence-electron chi connectivity index (χ4n) is 1.95. The number of ether oxygens (including phenoxy) is 1. The van der Waals surface area contributed by atoms with Gasteiger partial charge in [-0.3, -0.25) is 14.9 Å². The minimum absolute atomic E-state index is 0.133. The van der Waals surface area contributed by atoms with E-state index in [4.69, 9.17) is 9.15 Å². The molecule has 7 heteroatoms. The number of rotatable bonds is 4. The van der Waals surface area contributed by atoms with E-state index in [0.29, 0.717) is 22.8 Å². The van der Waals surface area contributed by atoms with E-state index < -0.39 is 10.8 Å². The smallest absolute Gasteiger partial charge is 0.271 e. The maximum absolute atomic E-state index is 12.2. The van der Waals surface area contributed by atoms with Crippen molar-refractivity contribution in [2.75, 3.05) is 12.4 Å². The Hall–Kier alpha value is -2.83. The zero-order valence-electron chi connectivity index (χ0n) is 11.8. The summed E-state index contributed by atoms with van der Waals surface area (Å²) in [5, 5.41) is 13.4. The quantitative estimate of drug-likeness (QED) is 0.689. The van der Waals surface area contributed by atoms with Crippen molar-refractivity contribution in [1.29, 1.82) is 0 Å². The van der Waals surface area contributed by atoms with E-state index in [1.54, 1.807) is 19.9 Å². The molecular formula is C14H14N2O5. The molecule has 0 saturated carbocycles. The molecule has 2 rings (SSSR count). The van der Waals surface area contributed by atoms with E-state index in [1.807, 2.05) is 0 Å². The fourth-order valence-corrected chi connectivity index (χ4v) is 1.95. The Morgan fingerprint density at radius 1 is 1.33 bits per heavy atom. The number of furan rings is 1. The van der Waals surface area contributed by atoms with Gasteiger partial charge in [0.2, 0.25) is 0 Å². The van der Waals surface area contributed by atoms with Gasteiger partial charge >= 0.3 is 0 Å². The van der Waals surface area contributed by atoms with Crippen molar-refractivity contribution < 1.29 is 18.9 Å². The Labute approximate surface area is 120 Å². The van der Waals surface area contributed by atoms with Crippen LogP contribution < -0.4 is 10.1 Å². The van der Waals surface area contributed by atoms with Crippen LogP contribution in [0.1, 0.15) is 21.9 Å². The van der Waals surface area contributed by atoms with Crippen LogP contribution in [-0.2, 0) is 0 Å². The molecule has 1 N–H and O–H groups in total. The number of hydrogen-bond donors (Lipinski definition) is 1. The predicted octanol–water partition coefficient (Wildman–Crippen LogP) is 3.07. The molecule has 110 valence electrons. The number of nitro benzene ring substituents is 1.